The highest BCUT2D eigenvalue weighted by atomic mass is 14.6. The van der Waals surface area contributed by atoms with Crippen molar-refractivity contribution in [3.05, 3.63) is 70.8 Å². The third-order valence-corrected chi connectivity index (χ3v) is 3.07. The minimum Gasteiger partial charge on any atom is -0.326 e. The summed E-state index contributed by atoms with van der Waals surface area (Å²) in [6.07, 6.45) is 0. The van der Waals surface area contributed by atoms with Crippen LogP contribution in [0.4, 0.5) is 0 Å². The Morgan fingerprint density at radius 3 is 2.53 bits per heavy atom. The number of rotatable bonds is 3. The monoisotopic (exact) mass is 226 g/mol. The van der Waals surface area contributed by atoms with Crippen molar-refractivity contribution in [2.24, 2.45) is 11.5 Å². The maximum Gasteiger partial charge on any atom is 0.0554 e. The Balaban J connectivity index is 2.37. The lowest BCUT2D eigenvalue weighted by atomic mass is 9.95. The molecular weight excluding hydrogens is 208 g/mol. The zero-order valence-corrected chi connectivity index (χ0v) is 10.1. The molecule has 0 spiro atoms. The van der Waals surface area contributed by atoms with Gasteiger partial charge in [0.1, 0.15) is 0 Å². The second kappa shape index (κ2) is 5.13. The topological polar surface area (TPSA) is 52.0 Å². The van der Waals surface area contributed by atoms with Gasteiger partial charge in [-0.05, 0) is 29.2 Å². The zero-order chi connectivity index (χ0) is 12.3. The van der Waals surface area contributed by atoms with Gasteiger partial charge in [0.15, 0.2) is 0 Å². The molecular formula is C15H18N2. The van der Waals surface area contributed by atoms with Crippen molar-refractivity contribution in [3.63, 3.8) is 0 Å². The molecule has 17 heavy (non-hydrogen) atoms. The maximum absolute atomic E-state index is 6.30. The van der Waals surface area contributed by atoms with Gasteiger partial charge in [0.2, 0.25) is 0 Å². The fourth-order valence-corrected chi connectivity index (χ4v) is 2.03. The van der Waals surface area contributed by atoms with Crippen molar-refractivity contribution in [2.75, 3.05) is 0 Å². The largest absolute Gasteiger partial charge is 0.326 e. The van der Waals surface area contributed by atoms with Crippen LogP contribution in [0.25, 0.3) is 0 Å². The van der Waals surface area contributed by atoms with Crippen LogP contribution in [0.2, 0.25) is 0 Å². The Bertz CT molecular complexity index is 506. The first kappa shape index (κ1) is 11.8. The molecule has 0 radical (unpaired) electrons. The normalized spacial score (nSPS) is 12.4. The summed E-state index contributed by atoms with van der Waals surface area (Å²) in [7, 11) is 0. The van der Waals surface area contributed by atoms with Crippen LogP contribution in [0.5, 0.6) is 0 Å². The molecule has 1 unspecified atom stereocenters. The first-order valence-corrected chi connectivity index (χ1v) is 5.82. The van der Waals surface area contributed by atoms with Crippen molar-refractivity contribution < 1.29 is 0 Å². The summed E-state index contributed by atoms with van der Waals surface area (Å²) < 4.78 is 0. The summed E-state index contributed by atoms with van der Waals surface area (Å²) >= 11 is 0. The molecule has 2 heteroatoms. The fourth-order valence-electron chi connectivity index (χ4n) is 2.03. The Morgan fingerprint density at radius 1 is 1.06 bits per heavy atom. The lowest BCUT2D eigenvalue weighted by molar-refractivity contribution is 0.857. The van der Waals surface area contributed by atoms with E-state index in [4.69, 9.17) is 11.5 Å². The van der Waals surface area contributed by atoms with E-state index in [1.807, 2.05) is 24.3 Å². The van der Waals surface area contributed by atoms with Crippen LogP contribution >= 0.6 is 0 Å². The quantitative estimate of drug-likeness (QED) is 0.845. The molecule has 0 heterocycles. The molecule has 0 saturated carbocycles. The van der Waals surface area contributed by atoms with Gasteiger partial charge >= 0.3 is 0 Å². The van der Waals surface area contributed by atoms with Crippen LogP contribution in [0.15, 0.2) is 48.5 Å². The molecule has 0 fully saturated rings. The Labute approximate surface area is 102 Å². The SMILES string of the molecule is Cc1ccccc1C(N)c1cccc(CN)c1. The van der Waals surface area contributed by atoms with Gasteiger partial charge in [-0.3, -0.25) is 0 Å². The molecule has 0 amide bonds. The maximum atomic E-state index is 6.30. The average molecular weight is 226 g/mol. The number of nitrogens with two attached hydrogens (primary N) is 2. The van der Waals surface area contributed by atoms with E-state index in [-0.39, 0.29) is 6.04 Å². The average Bonchev–Trinajstić information content (AvgIpc) is 2.38. The number of hydrogen-bond donors (Lipinski definition) is 2. The van der Waals surface area contributed by atoms with Crippen LogP contribution < -0.4 is 11.5 Å². The highest BCUT2D eigenvalue weighted by molar-refractivity contribution is 5.37. The van der Waals surface area contributed by atoms with E-state index in [1.165, 1.54) is 11.1 Å². The third-order valence-electron chi connectivity index (χ3n) is 3.07. The molecule has 2 nitrogen and oxygen atoms in total. The summed E-state index contributed by atoms with van der Waals surface area (Å²) in [5.41, 5.74) is 16.6. The van der Waals surface area contributed by atoms with E-state index in [0.717, 1.165) is 11.1 Å². The van der Waals surface area contributed by atoms with Crippen molar-refractivity contribution >= 4 is 0 Å². The summed E-state index contributed by atoms with van der Waals surface area (Å²) in [4.78, 5) is 0. The molecule has 0 saturated heterocycles. The van der Waals surface area contributed by atoms with Crippen molar-refractivity contribution in [1.82, 2.24) is 0 Å². The highest BCUT2D eigenvalue weighted by Gasteiger charge is 2.10. The van der Waals surface area contributed by atoms with Crippen molar-refractivity contribution in [2.45, 2.75) is 19.5 Å². The third kappa shape index (κ3) is 2.54. The van der Waals surface area contributed by atoms with E-state index < -0.39 is 0 Å². The van der Waals surface area contributed by atoms with Gasteiger partial charge in [-0.1, -0.05) is 48.5 Å². The number of hydrogen-bond acceptors (Lipinski definition) is 2. The molecule has 2 rings (SSSR count). The smallest absolute Gasteiger partial charge is 0.0554 e. The van der Waals surface area contributed by atoms with Gasteiger partial charge in [0.05, 0.1) is 6.04 Å². The Hall–Kier alpha value is -1.64. The fraction of sp³-hybridized carbons (Fsp3) is 0.200. The van der Waals surface area contributed by atoms with Crippen molar-refractivity contribution in [3.8, 4) is 0 Å². The van der Waals surface area contributed by atoms with Crippen LogP contribution in [-0.4, -0.2) is 0 Å². The second-order valence-corrected chi connectivity index (χ2v) is 4.28. The minimum atomic E-state index is -0.0808. The summed E-state index contributed by atoms with van der Waals surface area (Å²) in [6.45, 7) is 2.64. The zero-order valence-electron chi connectivity index (χ0n) is 10.1. The summed E-state index contributed by atoms with van der Waals surface area (Å²) in [5.74, 6) is 0. The van der Waals surface area contributed by atoms with Gasteiger partial charge in [0.25, 0.3) is 0 Å². The second-order valence-electron chi connectivity index (χ2n) is 4.28. The summed E-state index contributed by atoms with van der Waals surface area (Å²) in [5, 5.41) is 0. The molecule has 2 aromatic rings. The van der Waals surface area contributed by atoms with Crippen molar-refractivity contribution in [1.29, 1.82) is 0 Å². The molecule has 0 aliphatic rings. The van der Waals surface area contributed by atoms with Gasteiger partial charge in [-0.15, -0.1) is 0 Å². The van der Waals surface area contributed by atoms with Gasteiger partial charge < -0.3 is 11.5 Å². The van der Waals surface area contributed by atoms with Crippen LogP contribution in [0, 0.1) is 6.92 Å². The van der Waals surface area contributed by atoms with Gasteiger partial charge in [-0.25, -0.2) is 0 Å². The molecule has 4 N–H and O–H groups in total. The molecule has 0 aromatic heterocycles. The van der Waals surface area contributed by atoms with E-state index >= 15 is 0 Å². The van der Waals surface area contributed by atoms with Crippen LogP contribution in [0.3, 0.4) is 0 Å². The summed E-state index contributed by atoms with van der Waals surface area (Å²) in [6, 6.07) is 16.3. The van der Waals surface area contributed by atoms with Gasteiger partial charge in [-0.2, -0.15) is 0 Å². The van der Waals surface area contributed by atoms with E-state index in [2.05, 4.69) is 31.2 Å². The Kier molecular flexibility index (Phi) is 3.57. The highest BCUT2D eigenvalue weighted by Crippen LogP contribution is 2.22. The first-order chi connectivity index (χ1) is 8.22. The predicted octanol–water partition coefficient (Wildman–Crippen LogP) is 2.50. The predicted molar refractivity (Wildman–Crippen MR) is 71.5 cm³/mol. The lowest BCUT2D eigenvalue weighted by Gasteiger charge is -2.15. The molecule has 2 aromatic carbocycles. The Morgan fingerprint density at radius 2 is 1.82 bits per heavy atom. The standard InChI is InChI=1S/C15H18N2/c1-11-5-2-3-8-14(11)15(17)13-7-4-6-12(9-13)10-16/h2-9,15H,10,16-17H2,1H3. The van der Waals surface area contributed by atoms with E-state index in [0.29, 0.717) is 6.54 Å². The molecule has 0 aliphatic heterocycles. The number of aryl methyl sites for hydroxylation is 1. The number of benzene rings is 2. The molecule has 0 aliphatic carbocycles. The first-order valence-electron chi connectivity index (χ1n) is 5.82. The lowest BCUT2D eigenvalue weighted by Crippen LogP contribution is -2.13. The van der Waals surface area contributed by atoms with E-state index in [1.54, 1.807) is 0 Å². The molecule has 0 bridgehead atoms. The van der Waals surface area contributed by atoms with E-state index in [9.17, 15) is 0 Å². The molecule has 1 atom stereocenters. The molecule has 88 valence electrons. The van der Waals surface area contributed by atoms with Crippen LogP contribution in [0.1, 0.15) is 28.3 Å². The minimum absolute atomic E-state index is 0.0808. The van der Waals surface area contributed by atoms with Gasteiger partial charge in [0, 0.05) is 6.54 Å². The van der Waals surface area contributed by atoms with Crippen LogP contribution in [-0.2, 0) is 6.54 Å².